The molecule has 0 spiro atoms. The fraction of sp³-hybridized carbons (Fsp3) is 0.571. The first-order valence-corrected chi connectivity index (χ1v) is 6.69. The molecule has 2 rings (SSSR count). The van der Waals surface area contributed by atoms with E-state index in [1.807, 2.05) is 12.1 Å². The Hall–Kier alpha value is -0.570. The molecule has 1 aliphatic heterocycles. The van der Waals surface area contributed by atoms with Crippen LogP contribution >= 0.6 is 11.6 Å². The van der Waals surface area contributed by atoms with Gasteiger partial charge in [-0.15, -0.1) is 0 Å². The molecule has 2 atom stereocenters. The highest BCUT2D eigenvalue weighted by molar-refractivity contribution is 6.30. The fourth-order valence-electron chi connectivity index (χ4n) is 2.57. The largest absolute Gasteiger partial charge is 0.327 e. The van der Waals surface area contributed by atoms with E-state index in [4.69, 9.17) is 17.3 Å². The van der Waals surface area contributed by atoms with Crippen LogP contribution in [0, 0.1) is 0 Å². The molecule has 1 heterocycles. The normalized spacial score (nSPS) is 26.4. The minimum absolute atomic E-state index is 0.284. The molecule has 2 unspecified atom stereocenters. The second-order valence-corrected chi connectivity index (χ2v) is 5.73. The summed E-state index contributed by atoms with van der Waals surface area (Å²) in [6.07, 6.45) is 1.07. The number of hydrogen-bond acceptors (Lipinski definition) is 2. The summed E-state index contributed by atoms with van der Waals surface area (Å²) in [6, 6.07) is 9.04. The molecule has 1 aliphatic rings. The van der Waals surface area contributed by atoms with Gasteiger partial charge in [0, 0.05) is 30.2 Å². The highest BCUT2D eigenvalue weighted by Gasteiger charge is 2.27. The van der Waals surface area contributed by atoms with Crippen molar-refractivity contribution in [3.05, 3.63) is 34.9 Å². The monoisotopic (exact) mass is 252 g/mol. The van der Waals surface area contributed by atoms with Gasteiger partial charge in [-0.3, -0.25) is 4.90 Å². The molecule has 2 nitrogen and oxygen atoms in total. The molecule has 0 bridgehead atoms. The lowest BCUT2D eigenvalue weighted by Gasteiger charge is -2.39. The topological polar surface area (TPSA) is 29.3 Å². The van der Waals surface area contributed by atoms with Crippen molar-refractivity contribution in [3.63, 3.8) is 0 Å². The molecule has 17 heavy (non-hydrogen) atoms. The van der Waals surface area contributed by atoms with E-state index in [2.05, 4.69) is 30.9 Å². The molecular formula is C14H21ClN2. The lowest BCUT2D eigenvalue weighted by molar-refractivity contribution is 0.152. The van der Waals surface area contributed by atoms with Gasteiger partial charge < -0.3 is 5.73 Å². The first-order chi connectivity index (χ1) is 8.06. The van der Waals surface area contributed by atoms with Gasteiger partial charge in [-0.2, -0.15) is 0 Å². The summed E-state index contributed by atoms with van der Waals surface area (Å²) < 4.78 is 0. The molecular weight excluding hydrogens is 232 g/mol. The molecule has 94 valence electrons. The Balaban J connectivity index is 2.12. The van der Waals surface area contributed by atoms with Crippen LogP contribution in [0.2, 0.25) is 5.02 Å². The molecule has 1 aromatic carbocycles. The summed E-state index contributed by atoms with van der Waals surface area (Å²) >= 11 is 5.92. The van der Waals surface area contributed by atoms with Gasteiger partial charge in [-0.25, -0.2) is 0 Å². The van der Waals surface area contributed by atoms with Crippen LogP contribution in [0.25, 0.3) is 0 Å². The van der Waals surface area contributed by atoms with E-state index in [9.17, 15) is 0 Å². The van der Waals surface area contributed by atoms with Crippen LogP contribution in [-0.2, 0) is 0 Å². The maximum absolute atomic E-state index is 6.15. The molecule has 0 amide bonds. The van der Waals surface area contributed by atoms with E-state index in [1.165, 1.54) is 5.56 Å². The molecule has 0 aromatic heterocycles. The van der Waals surface area contributed by atoms with Gasteiger partial charge in [0.1, 0.15) is 0 Å². The Labute approximate surface area is 109 Å². The standard InChI is InChI=1S/C14H21ClN2/c1-10(2)17-8-12(7-14(16)9-17)11-3-5-13(15)6-4-11/h3-6,10,12,14H,7-9,16H2,1-2H3. The van der Waals surface area contributed by atoms with Crippen molar-refractivity contribution in [2.45, 2.75) is 38.3 Å². The smallest absolute Gasteiger partial charge is 0.0406 e. The van der Waals surface area contributed by atoms with E-state index in [0.717, 1.165) is 24.5 Å². The number of halogens is 1. The molecule has 3 heteroatoms. The van der Waals surface area contributed by atoms with Crippen LogP contribution in [0.5, 0.6) is 0 Å². The number of rotatable bonds is 2. The Morgan fingerprint density at radius 3 is 2.47 bits per heavy atom. The highest BCUT2D eigenvalue weighted by atomic mass is 35.5. The minimum atomic E-state index is 0.284. The first kappa shape index (κ1) is 12.9. The predicted octanol–water partition coefficient (Wildman–Crippen LogP) is 2.87. The van der Waals surface area contributed by atoms with Crippen LogP contribution in [-0.4, -0.2) is 30.1 Å². The molecule has 1 saturated heterocycles. The number of nitrogens with zero attached hydrogens (tertiary/aromatic N) is 1. The van der Waals surface area contributed by atoms with Crippen molar-refractivity contribution in [2.75, 3.05) is 13.1 Å². The molecule has 1 aromatic rings. The summed E-state index contributed by atoms with van der Waals surface area (Å²) in [4.78, 5) is 2.47. The summed E-state index contributed by atoms with van der Waals surface area (Å²) in [6.45, 7) is 6.59. The van der Waals surface area contributed by atoms with Crippen molar-refractivity contribution in [1.29, 1.82) is 0 Å². The lowest BCUT2D eigenvalue weighted by atomic mass is 9.88. The van der Waals surface area contributed by atoms with Gasteiger partial charge in [0.15, 0.2) is 0 Å². The third-order valence-electron chi connectivity index (χ3n) is 3.58. The maximum Gasteiger partial charge on any atom is 0.0406 e. The molecule has 0 aliphatic carbocycles. The van der Waals surface area contributed by atoms with Gasteiger partial charge in [0.05, 0.1) is 0 Å². The quantitative estimate of drug-likeness (QED) is 0.877. The van der Waals surface area contributed by atoms with E-state index in [-0.39, 0.29) is 6.04 Å². The molecule has 2 N–H and O–H groups in total. The zero-order valence-corrected chi connectivity index (χ0v) is 11.3. The number of hydrogen-bond donors (Lipinski definition) is 1. The van der Waals surface area contributed by atoms with Gasteiger partial charge in [0.2, 0.25) is 0 Å². The van der Waals surface area contributed by atoms with E-state index in [0.29, 0.717) is 12.0 Å². The third kappa shape index (κ3) is 3.21. The van der Waals surface area contributed by atoms with E-state index in [1.54, 1.807) is 0 Å². The van der Waals surface area contributed by atoms with Crippen LogP contribution < -0.4 is 5.73 Å². The van der Waals surface area contributed by atoms with Crippen LogP contribution in [0.1, 0.15) is 31.7 Å². The van der Waals surface area contributed by atoms with Crippen LogP contribution in [0.3, 0.4) is 0 Å². The van der Waals surface area contributed by atoms with Crippen molar-refractivity contribution >= 4 is 11.6 Å². The Kier molecular flexibility index (Phi) is 4.08. The van der Waals surface area contributed by atoms with Gasteiger partial charge in [-0.05, 0) is 43.9 Å². The Bertz CT molecular complexity index is 361. The Morgan fingerprint density at radius 1 is 1.24 bits per heavy atom. The highest BCUT2D eigenvalue weighted by Crippen LogP contribution is 2.28. The number of piperidine rings is 1. The average molecular weight is 253 g/mol. The summed E-state index contributed by atoms with van der Waals surface area (Å²) in [5, 5.41) is 0.801. The summed E-state index contributed by atoms with van der Waals surface area (Å²) in [5.41, 5.74) is 7.51. The SMILES string of the molecule is CC(C)N1CC(N)CC(c2ccc(Cl)cc2)C1. The third-order valence-corrected chi connectivity index (χ3v) is 3.83. The lowest BCUT2D eigenvalue weighted by Crippen LogP contribution is -2.48. The molecule has 1 fully saturated rings. The first-order valence-electron chi connectivity index (χ1n) is 6.31. The van der Waals surface area contributed by atoms with E-state index < -0.39 is 0 Å². The zero-order chi connectivity index (χ0) is 12.4. The molecule has 0 saturated carbocycles. The minimum Gasteiger partial charge on any atom is -0.327 e. The number of benzene rings is 1. The average Bonchev–Trinajstić information content (AvgIpc) is 2.29. The van der Waals surface area contributed by atoms with Gasteiger partial charge >= 0.3 is 0 Å². The predicted molar refractivity (Wildman–Crippen MR) is 73.5 cm³/mol. The second-order valence-electron chi connectivity index (χ2n) is 5.29. The number of likely N-dealkylation sites (tertiary alicyclic amines) is 1. The Morgan fingerprint density at radius 2 is 1.88 bits per heavy atom. The van der Waals surface area contributed by atoms with Crippen molar-refractivity contribution in [3.8, 4) is 0 Å². The summed E-state index contributed by atoms with van der Waals surface area (Å²) in [5.74, 6) is 0.540. The van der Waals surface area contributed by atoms with Gasteiger partial charge in [-0.1, -0.05) is 23.7 Å². The van der Waals surface area contributed by atoms with Crippen molar-refractivity contribution in [1.82, 2.24) is 4.90 Å². The van der Waals surface area contributed by atoms with Crippen molar-refractivity contribution < 1.29 is 0 Å². The zero-order valence-electron chi connectivity index (χ0n) is 10.6. The second kappa shape index (κ2) is 5.38. The van der Waals surface area contributed by atoms with Crippen LogP contribution in [0.4, 0.5) is 0 Å². The number of nitrogens with two attached hydrogens (primary N) is 1. The maximum atomic E-state index is 6.15. The fourth-order valence-corrected chi connectivity index (χ4v) is 2.70. The summed E-state index contributed by atoms with van der Waals surface area (Å²) in [7, 11) is 0. The van der Waals surface area contributed by atoms with E-state index >= 15 is 0 Å². The van der Waals surface area contributed by atoms with Crippen LogP contribution in [0.15, 0.2) is 24.3 Å². The van der Waals surface area contributed by atoms with Crippen molar-refractivity contribution in [2.24, 2.45) is 5.73 Å². The van der Waals surface area contributed by atoms with Gasteiger partial charge in [0.25, 0.3) is 0 Å². The molecule has 0 radical (unpaired) electrons.